The molecule has 4 aromatic rings. The Labute approximate surface area is 218 Å². The third-order valence-electron chi connectivity index (χ3n) is 7.40. The molecule has 10 nitrogen and oxygen atoms in total. The van der Waals surface area contributed by atoms with Gasteiger partial charge in [-0.15, -0.1) is 11.3 Å². The second-order valence-corrected chi connectivity index (χ2v) is 11.1. The highest BCUT2D eigenvalue weighted by molar-refractivity contribution is 7.21. The van der Waals surface area contributed by atoms with Crippen molar-refractivity contribution < 1.29 is 9.59 Å². The number of thiazole rings is 1. The Morgan fingerprint density at radius 1 is 1.03 bits per heavy atom. The van der Waals surface area contributed by atoms with Gasteiger partial charge >= 0.3 is 0 Å². The molecule has 0 unspecified atom stereocenters. The van der Waals surface area contributed by atoms with E-state index in [1.165, 1.54) is 43.4 Å². The number of anilines is 2. The van der Waals surface area contributed by atoms with E-state index in [1.54, 1.807) is 33.9 Å². The van der Waals surface area contributed by atoms with E-state index in [4.69, 9.17) is 0 Å². The molecule has 1 saturated heterocycles. The Morgan fingerprint density at radius 3 is 2.59 bits per heavy atom. The maximum absolute atomic E-state index is 13.2. The SMILES string of the molecule is Cc1ncc(NC(=O)C2CN(C3CCCCC3)C2)cc1NC(=O)c1cnn2cc(-c3cnn(C)c3)sc12. The van der Waals surface area contributed by atoms with Gasteiger partial charge < -0.3 is 10.6 Å². The summed E-state index contributed by atoms with van der Waals surface area (Å²) in [6.45, 7) is 3.46. The van der Waals surface area contributed by atoms with Gasteiger partial charge in [-0.05, 0) is 25.8 Å². The van der Waals surface area contributed by atoms with Gasteiger partial charge in [-0.1, -0.05) is 19.3 Å². The number of carbonyl (C=O) groups is 2. The number of hydrogen-bond donors (Lipinski definition) is 2. The Balaban J connectivity index is 1.12. The summed E-state index contributed by atoms with van der Waals surface area (Å²) in [6.07, 6.45) is 15.2. The van der Waals surface area contributed by atoms with Crippen molar-refractivity contribution in [3.8, 4) is 10.4 Å². The molecule has 192 valence electrons. The average molecular weight is 519 g/mol. The molecule has 2 N–H and O–H groups in total. The molecule has 2 fully saturated rings. The number of carbonyl (C=O) groups excluding carboxylic acids is 2. The molecular weight excluding hydrogens is 488 g/mol. The number of hydrogen-bond acceptors (Lipinski definition) is 7. The van der Waals surface area contributed by atoms with Crippen molar-refractivity contribution in [3.05, 3.63) is 48.3 Å². The lowest BCUT2D eigenvalue weighted by Gasteiger charge is -2.44. The monoisotopic (exact) mass is 518 g/mol. The molecule has 0 aromatic carbocycles. The molecule has 6 rings (SSSR count). The largest absolute Gasteiger partial charge is 0.324 e. The van der Waals surface area contributed by atoms with E-state index in [1.807, 2.05) is 26.4 Å². The number of rotatable bonds is 6. The van der Waals surface area contributed by atoms with Crippen LogP contribution < -0.4 is 10.6 Å². The zero-order valence-corrected chi connectivity index (χ0v) is 21.8. The highest BCUT2D eigenvalue weighted by Gasteiger charge is 2.37. The molecule has 1 saturated carbocycles. The molecular formula is C26H30N8O2S. The normalized spacial score (nSPS) is 17.1. The molecule has 5 heterocycles. The standard InChI is InChI=1S/C26H30N8O2S/c1-16-22(8-19(10-27-16)30-24(35)18-13-33(14-18)20-6-4-3-5-7-20)31-25(36)21-11-29-34-15-23(37-26(21)34)17-9-28-32(2)12-17/h8-12,15,18,20H,3-7,13-14H2,1-2H3,(H,30,35)(H,31,36). The van der Waals surface area contributed by atoms with Gasteiger partial charge in [0.1, 0.15) is 4.83 Å². The molecule has 1 aliphatic heterocycles. The molecule has 0 atom stereocenters. The minimum atomic E-state index is -0.273. The summed E-state index contributed by atoms with van der Waals surface area (Å²) < 4.78 is 3.45. The van der Waals surface area contributed by atoms with E-state index in [-0.39, 0.29) is 17.7 Å². The van der Waals surface area contributed by atoms with Gasteiger partial charge in [0, 0.05) is 44.1 Å². The maximum Gasteiger partial charge on any atom is 0.260 e. The summed E-state index contributed by atoms with van der Waals surface area (Å²) in [5.41, 5.74) is 3.26. The molecule has 4 aromatic heterocycles. The van der Waals surface area contributed by atoms with E-state index < -0.39 is 0 Å². The smallest absolute Gasteiger partial charge is 0.260 e. The Kier molecular flexibility index (Phi) is 6.25. The molecule has 37 heavy (non-hydrogen) atoms. The van der Waals surface area contributed by atoms with Crippen LogP contribution in [0.3, 0.4) is 0 Å². The first-order chi connectivity index (χ1) is 17.9. The maximum atomic E-state index is 13.2. The molecule has 0 spiro atoms. The predicted octanol–water partition coefficient (Wildman–Crippen LogP) is 3.96. The van der Waals surface area contributed by atoms with E-state index in [9.17, 15) is 9.59 Å². The lowest BCUT2D eigenvalue weighted by molar-refractivity contribution is -0.126. The highest BCUT2D eigenvalue weighted by atomic mass is 32.1. The Bertz CT molecular complexity index is 1460. The number of pyridine rings is 1. The van der Waals surface area contributed by atoms with Gasteiger partial charge in [-0.25, -0.2) is 4.52 Å². The van der Waals surface area contributed by atoms with Crippen LogP contribution in [0.25, 0.3) is 15.3 Å². The van der Waals surface area contributed by atoms with Gasteiger partial charge in [-0.3, -0.25) is 24.2 Å². The van der Waals surface area contributed by atoms with Crippen molar-refractivity contribution in [1.82, 2.24) is 29.3 Å². The second kappa shape index (κ2) is 9.71. The van der Waals surface area contributed by atoms with E-state index in [0.29, 0.717) is 28.7 Å². The van der Waals surface area contributed by atoms with Crippen molar-refractivity contribution in [2.75, 3.05) is 23.7 Å². The van der Waals surface area contributed by atoms with Crippen LogP contribution in [-0.2, 0) is 11.8 Å². The van der Waals surface area contributed by atoms with Gasteiger partial charge in [0.05, 0.1) is 52.0 Å². The molecule has 11 heteroatoms. The third-order valence-corrected chi connectivity index (χ3v) is 8.57. The summed E-state index contributed by atoms with van der Waals surface area (Å²) >= 11 is 1.48. The summed E-state index contributed by atoms with van der Waals surface area (Å²) in [4.78, 5) is 34.6. The van der Waals surface area contributed by atoms with Crippen molar-refractivity contribution >= 4 is 39.4 Å². The quantitative estimate of drug-likeness (QED) is 0.400. The zero-order chi connectivity index (χ0) is 25.5. The van der Waals surface area contributed by atoms with Crippen LogP contribution in [0.4, 0.5) is 11.4 Å². The molecule has 0 bridgehead atoms. The van der Waals surface area contributed by atoms with Crippen molar-refractivity contribution in [3.63, 3.8) is 0 Å². The minimum Gasteiger partial charge on any atom is -0.324 e. The van der Waals surface area contributed by atoms with Crippen LogP contribution in [0, 0.1) is 12.8 Å². The fraction of sp³-hybridized carbons (Fsp3) is 0.423. The van der Waals surface area contributed by atoms with E-state index in [0.717, 1.165) is 28.4 Å². The average Bonchev–Trinajstić information content (AvgIpc) is 3.56. The third kappa shape index (κ3) is 4.76. The first-order valence-electron chi connectivity index (χ1n) is 12.7. The number of nitrogens with one attached hydrogen (secondary N) is 2. The topological polar surface area (TPSA) is 109 Å². The molecule has 0 radical (unpaired) electrons. The van der Waals surface area contributed by atoms with Gasteiger partial charge in [0.25, 0.3) is 5.91 Å². The van der Waals surface area contributed by atoms with Gasteiger partial charge in [0.15, 0.2) is 0 Å². The number of fused-ring (bicyclic) bond motifs is 1. The summed E-state index contributed by atoms with van der Waals surface area (Å²) in [5.74, 6) is -0.269. The van der Waals surface area contributed by atoms with Crippen LogP contribution in [-0.4, -0.2) is 60.2 Å². The minimum absolute atomic E-state index is 0.00480. The van der Waals surface area contributed by atoms with Crippen LogP contribution in [0.15, 0.2) is 37.1 Å². The number of likely N-dealkylation sites (tertiary alicyclic amines) is 1. The van der Waals surface area contributed by atoms with Crippen LogP contribution in [0.2, 0.25) is 0 Å². The van der Waals surface area contributed by atoms with Crippen molar-refractivity contribution in [2.45, 2.75) is 45.1 Å². The fourth-order valence-corrected chi connectivity index (χ4v) is 6.24. The number of amides is 2. The zero-order valence-electron chi connectivity index (χ0n) is 21.0. The highest BCUT2D eigenvalue weighted by Crippen LogP contribution is 2.31. The van der Waals surface area contributed by atoms with Crippen LogP contribution >= 0.6 is 11.3 Å². The molecule has 1 aliphatic carbocycles. The Morgan fingerprint density at radius 2 is 1.84 bits per heavy atom. The first-order valence-corrected chi connectivity index (χ1v) is 13.6. The van der Waals surface area contributed by atoms with E-state index in [2.05, 4.69) is 30.7 Å². The number of aryl methyl sites for hydroxylation is 2. The number of nitrogens with zero attached hydrogens (tertiary/aromatic N) is 6. The summed E-state index contributed by atoms with van der Waals surface area (Å²) in [6, 6.07) is 2.41. The summed E-state index contributed by atoms with van der Waals surface area (Å²) in [5, 5.41) is 14.5. The van der Waals surface area contributed by atoms with Gasteiger partial charge in [-0.2, -0.15) is 10.2 Å². The molecule has 2 aliphatic rings. The van der Waals surface area contributed by atoms with Gasteiger partial charge in [0.2, 0.25) is 5.91 Å². The van der Waals surface area contributed by atoms with Crippen molar-refractivity contribution in [1.29, 1.82) is 0 Å². The predicted molar refractivity (Wildman–Crippen MR) is 143 cm³/mol. The summed E-state index contributed by atoms with van der Waals surface area (Å²) in [7, 11) is 1.87. The lowest BCUT2D eigenvalue weighted by Crippen LogP contribution is -2.56. The lowest BCUT2D eigenvalue weighted by atomic mass is 9.88. The van der Waals surface area contributed by atoms with E-state index >= 15 is 0 Å². The first kappa shape index (κ1) is 23.8. The Hall–Kier alpha value is -3.57. The molecule has 2 amide bonds. The second-order valence-electron chi connectivity index (χ2n) is 10.0. The van der Waals surface area contributed by atoms with Crippen LogP contribution in [0.1, 0.15) is 48.2 Å². The van der Waals surface area contributed by atoms with Crippen molar-refractivity contribution in [2.24, 2.45) is 13.0 Å². The van der Waals surface area contributed by atoms with Crippen LogP contribution in [0.5, 0.6) is 0 Å². The number of aromatic nitrogens is 5. The fourth-order valence-electron chi connectivity index (χ4n) is 5.21.